The quantitative estimate of drug-likeness (QED) is 0.827. The van der Waals surface area contributed by atoms with Crippen LogP contribution in [0.5, 0.6) is 0 Å². The van der Waals surface area contributed by atoms with Crippen LogP contribution in [0.3, 0.4) is 0 Å². The van der Waals surface area contributed by atoms with E-state index in [1.54, 1.807) is 0 Å². The van der Waals surface area contributed by atoms with Gasteiger partial charge in [0.05, 0.1) is 0 Å². The van der Waals surface area contributed by atoms with Gasteiger partial charge in [0.25, 0.3) is 0 Å². The zero-order valence-electron chi connectivity index (χ0n) is 13.0. The molecule has 0 saturated heterocycles. The summed E-state index contributed by atoms with van der Waals surface area (Å²) in [5.41, 5.74) is 0. The third-order valence-electron chi connectivity index (χ3n) is 4.32. The minimum absolute atomic E-state index is 0.707. The number of hydrogen-bond acceptors (Lipinski definition) is 3. The van der Waals surface area contributed by atoms with E-state index in [4.69, 9.17) is 0 Å². The van der Waals surface area contributed by atoms with Gasteiger partial charge in [0.1, 0.15) is 5.01 Å². The van der Waals surface area contributed by atoms with Gasteiger partial charge in [0.15, 0.2) is 0 Å². The molecule has 0 amide bonds. The molecule has 1 aliphatic rings. The Labute approximate surface area is 128 Å². The van der Waals surface area contributed by atoms with Crippen LogP contribution in [0.2, 0.25) is 0 Å². The Hall–Kier alpha value is -0.410. The molecule has 0 atom stereocenters. The average molecular weight is 295 g/mol. The molecule has 20 heavy (non-hydrogen) atoms. The van der Waals surface area contributed by atoms with E-state index in [9.17, 15) is 0 Å². The van der Waals surface area contributed by atoms with Gasteiger partial charge >= 0.3 is 0 Å². The Morgan fingerprint density at radius 2 is 1.55 bits per heavy atom. The third-order valence-corrected chi connectivity index (χ3v) is 5.23. The highest BCUT2D eigenvalue weighted by molar-refractivity contribution is 7.11. The second-order valence-electron chi connectivity index (χ2n) is 6.20. The van der Waals surface area contributed by atoms with Crippen LogP contribution in [0, 0.1) is 6.92 Å². The summed E-state index contributed by atoms with van der Waals surface area (Å²) >= 11 is 1.83. The first kappa shape index (κ1) is 16.0. The highest BCUT2D eigenvalue weighted by atomic mass is 32.1. The number of nitrogens with zero attached hydrogens (tertiary/aromatic N) is 1. The minimum atomic E-state index is 0.707. The van der Waals surface area contributed by atoms with Crippen molar-refractivity contribution in [1.82, 2.24) is 10.3 Å². The van der Waals surface area contributed by atoms with Crippen molar-refractivity contribution >= 4 is 11.3 Å². The normalized spacial score (nSPS) is 20.2. The first-order chi connectivity index (χ1) is 9.84. The fourth-order valence-electron chi connectivity index (χ4n) is 3.08. The summed E-state index contributed by atoms with van der Waals surface area (Å²) < 4.78 is 0. The molecule has 1 N–H and O–H groups in total. The Morgan fingerprint density at radius 1 is 1.00 bits per heavy atom. The molecule has 2 rings (SSSR count). The van der Waals surface area contributed by atoms with Crippen molar-refractivity contribution in [3.05, 3.63) is 16.1 Å². The van der Waals surface area contributed by atoms with Crippen LogP contribution >= 0.6 is 11.3 Å². The maximum Gasteiger partial charge on any atom is 0.107 e. The number of hydrogen-bond donors (Lipinski definition) is 1. The van der Waals surface area contributed by atoms with Gasteiger partial charge in [-0.2, -0.15) is 0 Å². The minimum Gasteiger partial charge on any atom is -0.308 e. The Balaban J connectivity index is 1.73. The molecule has 1 heterocycles. The van der Waals surface area contributed by atoms with Crippen molar-refractivity contribution in [2.75, 3.05) is 0 Å². The number of aromatic nitrogens is 1. The zero-order valence-corrected chi connectivity index (χ0v) is 13.8. The van der Waals surface area contributed by atoms with Crippen molar-refractivity contribution in [2.24, 2.45) is 0 Å². The SMILES string of the molecule is Cc1cnc(CNC2CCCCCCCCCCC2)s1. The lowest BCUT2D eigenvalue weighted by atomic mass is 9.98. The van der Waals surface area contributed by atoms with E-state index >= 15 is 0 Å². The number of nitrogens with one attached hydrogen (secondary N) is 1. The van der Waals surface area contributed by atoms with Crippen molar-refractivity contribution in [3.63, 3.8) is 0 Å². The average Bonchev–Trinajstić information content (AvgIpc) is 2.84. The van der Waals surface area contributed by atoms with Crippen LogP contribution in [-0.4, -0.2) is 11.0 Å². The Morgan fingerprint density at radius 3 is 2.05 bits per heavy atom. The third kappa shape index (κ3) is 6.36. The molecule has 1 aliphatic carbocycles. The number of thiazole rings is 1. The molecule has 0 unspecified atom stereocenters. The smallest absolute Gasteiger partial charge is 0.107 e. The van der Waals surface area contributed by atoms with Gasteiger partial charge < -0.3 is 5.32 Å². The highest BCUT2D eigenvalue weighted by Gasteiger charge is 2.10. The predicted molar refractivity (Wildman–Crippen MR) is 88.3 cm³/mol. The van der Waals surface area contributed by atoms with Gasteiger partial charge in [0.2, 0.25) is 0 Å². The van der Waals surface area contributed by atoms with E-state index < -0.39 is 0 Å². The molecule has 1 aromatic rings. The largest absolute Gasteiger partial charge is 0.308 e. The van der Waals surface area contributed by atoms with Crippen LogP contribution in [0.1, 0.15) is 80.5 Å². The molecule has 0 radical (unpaired) electrons. The topological polar surface area (TPSA) is 24.9 Å². The van der Waals surface area contributed by atoms with Crippen molar-refractivity contribution < 1.29 is 0 Å². The van der Waals surface area contributed by atoms with Crippen LogP contribution in [0.25, 0.3) is 0 Å². The molecule has 0 aliphatic heterocycles. The van der Waals surface area contributed by atoms with Crippen LogP contribution in [0.4, 0.5) is 0 Å². The van der Waals surface area contributed by atoms with E-state index in [2.05, 4.69) is 17.2 Å². The van der Waals surface area contributed by atoms with Crippen molar-refractivity contribution in [2.45, 2.75) is 90.1 Å². The van der Waals surface area contributed by atoms with Gasteiger partial charge in [-0.3, -0.25) is 0 Å². The van der Waals surface area contributed by atoms with E-state index in [1.165, 1.54) is 80.5 Å². The maximum atomic E-state index is 4.46. The van der Waals surface area contributed by atoms with E-state index in [0.29, 0.717) is 6.04 Å². The van der Waals surface area contributed by atoms with Gasteiger partial charge in [-0.1, -0.05) is 57.8 Å². The van der Waals surface area contributed by atoms with Gasteiger partial charge in [-0.25, -0.2) is 4.98 Å². The Kier molecular flexibility index (Phi) is 7.60. The number of rotatable bonds is 3. The Bertz CT molecular complexity index is 350. The second kappa shape index (κ2) is 9.51. The lowest BCUT2D eigenvalue weighted by Gasteiger charge is -2.19. The highest BCUT2D eigenvalue weighted by Crippen LogP contribution is 2.18. The molecule has 1 fully saturated rings. The molecule has 1 aromatic heterocycles. The van der Waals surface area contributed by atoms with Crippen molar-refractivity contribution in [1.29, 1.82) is 0 Å². The molecule has 0 bridgehead atoms. The standard InChI is InChI=1S/C17H30N2S/c1-15-13-19-17(20-15)14-18-16-11-9-7-5-3-2-4-6-8-10-12-16/h13,16,18H,2-12,14H2,1H3. The first-order valence-electron chi connectivity index (χ1n) is 8.49. The molecule has 0 spiro atoms. The lowest BCUT2D eigenvalue weighted by molar-refractivity contribution is 0.403. The first-order valence-corrected chi connectivity index (χ1v) is 9.31. The fraction of sp³-hybridized carbons (Fsp3) is 0.824. The molecular weight excluding hydrogens is 264 g/mol. The van der Waals surface area contributed by atoms with Crippen LogP contribution in [-0.2, 0) is 6.54 Å². The molecule has 1 saturated carbocycles. The van der Waals surface area contributed by atoms with Gasteiger partial charge in [-0.05, 0) is 19.8 Å². The van der Waals surface area contributed by atoms with E-state index in [0.717, 1.165) is 6.54 Å². The van der Waals surface area contributed by atoms with Gasteiger partial charge in [-0.15, -0.1) is 11.3 Å². The summed E-state index contributed by atoms with van der Waals surface area (Å²) in [6.07, 6.45) is 17.6. The molecular formula is C17H30N2S. The zero-order chi connectivity index (χ0) is 14.0. The molecule has 114 valence electrons. The molecule has 2 nitrogen and oxygen atoms in total. The monoisotopic (exact) mass is 294 g/mol. The summed E-state index contributed by atoms with van der Waals surface area (Å²) in [7, 11) is 0. The number of aryl methyl sites for hydroxylation is 1. The summed E-state index contributed by atoms with van der Waals surface area (Å²) in [5, 5.41) is 5.00. The van der Waals surface area contributed by atoms with Crippen molar-refractivity contribution in [3.8, 4) is 0 Å². The second-order valence-corrected chi connectivity index (χ2v) is 7.52. The van der Waals surface area contributed by atoms with E-state index in [1.807, 2.05) is 17.5 Å². The predicted octanol–water partition coefficient (Wildman–Crippen LogP) is 5.21. The van der Waals surface area contributed by atoms with Gasteiger partial charge in [0, 0.05) is 23.7 Å². The summed E-state index contributed by atoms with van der Waals surface area (Å²) in [5.74, 6) is 0. The molecule has 3 heteroatoms. The summed E-state index contributed by atoms with van der Waals surface area (Å²) in [6.45, 7) is 3.10. The summed E-state index contributed by atoms with van der Waals surface area (Å²) in [4.78, 5) is 5.78. The van der Waals surface area contributed by atoms with E-state index in [-0.39, 0.29) is 0 Å². The lowest BCUT2D eigenvalue weighted by Crippen LogP contribution is -2.28. The fourth-order valence-corrected chi connectivity index (χ4v) is 3.82. The summed E-state index contributed by atoms with van der Waals surface area (Å²) in [6, 6.07) is 0.707. The maximum absolute atomic E-state index is 4.46. The van der Waals surface area contributed by atoms with Crippen LogP contribution in [0.15, 0.2) is 6.20 Å². The molecule has 0 aromatic carbocycles. The van der Waals surface area contributed by atoms with Crippen LogP contribution < -0.4 is 5.32 Å².